The van der Waals surface area contributed by atoms with E-state index in [1.54, 1.807) is 6.20 Å². The fraction of sp³-hybridized carbons (Fsp3) is 0.500. The third kappa shape index (κ3) is 8.96. The van der Waals surface area contributed by atoms with Crippen molar-refractivity contribution < 1.29 is 0 Å². The first-order valence-corrected chi connectivity index (χ1v) is 10.3. The molecular formula is C24H39N3. The molecule has 150 valence electrons. The Hall–Kier alpha value is -2.00. The fourth-order valence-electron chi connectivity index (χ4n) is 2.37. The van der Waals surface area contributed by atoms with Crippen LogP contribution in [0.1, 0.15) is 82.1 Å². The molecule has 1 saturated carbocycles. The van der Waals surface area contributed by atoms with E-state index in [9.17, 15) is 0 Å². The van der Waals surface area contributed by atoms with E-state index in [4.69, 9.17) is 5.73 Å². The quantitative estimate of drug-likeness (QED) is 0.670. The van der Waals surface area contributed by atoms with Crippen molar-refractivity contribution in [2.24, 2.45) is 5.73 Å². The van der Waals surface area contributed by atoms with Crippen LogP contribution in [0.25, 0.3) is 6.08 Å². The maximum absolute atomic E-state index is 6.19. The molecule has 1 aromatic heterocycles. The van der Waals surface area contributed by atoms with Gasteiger partial charge in [0.05, 0.1) is 0 Å². The van der Waals surface area contributed by atoms with Gasteiger partial charge in [-0.2, -0.15) is 0 Å². The first kappa shape index (κ1) is 25.0. The predicted molar refractivity (Wildman–Crippen MR) is 120 cm³/mol. The van der Waals surface area contributed by atoms with Gasteiger partial charge in [-0.3, -0.25) is 0 Å². The van der Waals surface area contributed by atoms with Gasteiger partial charge in [0.2, 0.25) is 0 Å². The lowest BCUT2D eigenvalue weighted by atomic mass is 9.99. The van der Waals surface area contributed by atoms with Gasteiger partial charge >= 0.3 is 0 Å². The van der Waals surface area contributed by atoms with Crippen LogP contribution in [0.2, 0.25) is 0 Å². The van der Waals surface area contributed by atoms with E-state index in [0.29, 0.717) is 0 Å². The zero-order valence-electron chi connectivity index (χ0n) is 18.6. The van der Waals surface area contributed by atoms with Crippen LogP contribution in [0.15, 0.2) is 36.5 Å². The molecule has 0 aliphatic heterocycles. The van der Waals surface area contributed by atoms with Gasteiger partial charge in [-0.25, -0.2) is 9.97 Å². The van der Waals surface area contributed by atoms with Gasteiger partial charge in [-0.15, -0.1) is 0 Å². The van der Waals surface area contributed by atoms with Crippen LogP contribution in [0.4, 0.5) is 0 Å². The average molecular weight is 370 g/mol. The van der Waals surface area contributed by atoms with Crippen molar-refractivity contribution in [2.75, 3.05) is 0 Å². The minimum absolute atomic E-state index is 0.0114. The number of aryl methyl sites for hydroxylation is 3. The van der Waals surface area contributed by atoms with Crippen LogP contribution in [0.3, 0.4) is 0 Å². The topological polar surface area (TPSA) is 51.8 Å². The Morgan fingerprint density at radius 3 is 2.11 bits per heavy atom. The Labute approximate surface area is 167 Å². The zero-order valence-corrected chi connectivity index (χ0v) is 18.6. The first-order valence-electron chi connectivity index (χ1n) is 10.3. The lowest BCUT2D eigenvalue weighted by Crippen LogP contribution is -2.18. The summed E-state index contributed by atoms with van der Waals surface area (Å²) >= 11 is 0. The highest BCUT2D eigenvalue weighted by atomic mass is 14.9. The first-order chi connectivity index (χ1) is 12.9. The number of nitrogens with two attached hydrogens (primary N) is 1. The van der Waals surface area contributed by atoms with Gasteiger partial charge in [0.15, 0.2) is 0 Å². The molecule has 3 heteroatoms. The minimum Gasteiger partial charge on any atom is -0.321 e. The van der Waals surface area contributed by atoms with E-state index >= 15 is 0 Å². The second kappa shape index (κ2) is 13.2. The molecule has 2 aromatic rings. The third-order valence-electron chi connectivity index (χ3n) is 4.09. The van der Waals surface area contributed by atoms with Crippen LogP contribution in [-0.4, -0.2) is 9.97 Å². The molecule has 1 aliphatic rings. The molecule has 1 fully saturated rings. The van der Waals surface area contributed by atoms with Gasteiger partial charge < -0.3 is 5.73 Å². The molecule has 0 radical (unpaired) electrons. The standard InChI is InChI=1S/C14H19N.C6H8N2.2C2H6/c1-3-4-5-12-10-13(7-6-11(12)2)14(15)8-9-14;1-5-3-4-7-6(2)8-5;2*1-2/h4-7,10H,3,8-9,15H2,1-2H3;3-4H,1-2H3;2*1-2H3/b5-4-;;;. The lowest BCUT2D eigenvalue weighted by molar-refractivity contribution is 0.739. The van der Waals surface area contributed by atoms with Gasteiger partial charge in [0, 0.05) is 17.4 Å². The molecule has 0 amide bonds. The third-order valence-corrected chi connectivity index (χ3v) is 4.09. The van der Waals surface area contributed by atoms with E-state index in [2.05, 4.69) is 54.2 Å². The average Bonchev–Trinajstić information content (AvgIpc) is 3.43. The maximum Gasteiger partial charge on any atom is 0.125 e. The number of aromatic nitrogens is 2. The van der Waals surface area contributed by atoms with E-state index in [0.717, 1.165) is 30.8 Å². The molecule has 27 heavy (non-hydrogen) atoms. The molecule has 0 spiro atoms. The second-order valence-corrected chi connectivity index (χ2v) is 6.28. The zero-order chi connectivity index (χ0) is 20.9. The Kier molecular flexibility index (Phi) is 12.2. The highest BCUT2D eigenvalue weighted by Gasteiger charge is 2.39. The smallest absolute Gasteiger partial charge is 0.125 e. The molecule has 0 unspecified atom stereocenters. The summed E-state index contributed by atoms with van der Waals surface area (Å²) in [6, 6.07) is 8.48. The predicted octanol–water partition coefficient (Wildman–Crippen LogP) is 6.51. The van der Waals surface area contributed by atoms with Crippen LogP contribution >= 0.6 is 0 Å². The molecule has 1 aliphatic carbocycles. The van der Waals surface area contributed by atoms with E-state index in [-0.39, 0.29) is 5.54 Å². The van der Waals surface area contributed by atoms with E-state index < -0.39 is 0 Å². The number of allylic oxidation sites excluding steroid dienone is 1. The molecule has 1 aromatic carbocycles. The van der Waals surface area contributed by atoms with Gasteiger partial charge in [0.1, 0.15) is 5.82 Å². The van der Waals surface area contributed by atoms with Gasteiger partial charge in [-0.05, 0) is 68.9 Å². The van der Waals surface area contributed by atoms with E-state index in [1.165, 1.54) is 16.7 Å². The highest BCUT2D eigenvalue weighted by Crippen LogP contribution is 2.43. The number of benzene rings is 1. The monoisotopic (exact) mass is 369 g/mol. The lowest BCUT2D eigenvalue weighted by Gasteiger charge is -2.11. The van der Waals surface area contributed by atoms with Crippen molar-refractivity contribution >= 4 is 6.08 Å². The summed E-state index contributed by atoms with van der Waals surface area (Å²) in [7, 11) is 0. The maximum atomic E-state index is 6.19. The largest absolute Gasteiger partial charge is 0.321 e. The summed E-state index contributed by atoms with van der Waals surface area (Å²) < 4.78 is 0. The van der Waals surface area contributed by atoms with Crippen LogP contribution in [-0.2, 0) is 5.54 Å². The van der Waals surface area contributed by atoms with Crippen molar-refractivity contribution in [2.45, 2.75) is 80.2 Å². The van der Waals surface area contributed by atoms with Crippen LogP contribution < -0.4 is 5.73 Å². The molecule has 2 N–H and O–H groups in total. The number of hydrogen-bond acceptors (Lipinski definition) is 3. The summed E-state index contributed by atoms with van der Waals surface area (Å²) in [5.41, 5.74) is 11.1. The van der Waals surface area contributed by atoms with Crippen LogP contribution in [0, 0.1) is 20.8 Å². The number of hydrogen-bond donors (Lipinski definition) is 1. The van der Waals surface area contributed by atoms with Crippen LogP contribution in [0.5, 0.6) is 0 Å². The normalized spacial score (nSPS) is 13.4. The van der Waals surface area contributed by atoms with Crippen molar-refractivity contribution in [3.63, 3.8) is 0 Å². The molecule has 0 saturated heterocycles. The SMILES string of the molecule is CC.CC.CC/C=C\c1cc(C2(N)CC2)ccc1C.Cc1ccnc(C)n1. The number of rotatable bonds is 3. The summed E-state index contributed by atoms with van der Waals surface area (Å²) in [5, 5.41) is 0. The number of nitrogens with zero attached hydrogens (tertiary/aromatic N) is 2. The Balaban J connectivity index is 0.000000477. The summed E-state index contributed by atoms with van der Waals surface area (Å²) in [5.74, 6) is 0.838. The Bertz CT molecular complexity index is 669. The molecule has 1 heterocycles. The van der Waals surface area contributed by atoms with Crippen molar-refractivity contribution in [3.05, 3.63) is 64.7 Å². The fourth-order valence-corrected chi connectivity index (χ4v) is 2.37. The second-order valence-electron chi connectivity index (χ2n) is 6.28. The summed E-state index contributed by atoms with van der Waals surface area (Å²) in [6.45, 7) is 16.1. The Morgan fingerprint density at radius 1 is 1.04 bits per heavy atom. The molecule has 0 atom stereocenters. The van der Waals surface area contributed by atoms with Crippen molar-refractivity contribution in [3.8, 4) is 0 Å². The van der Waals surface area contributed by atoms with Crippen molar-refractivity contribution in [1.82, 2.24) is 9.97 Å². The van der Waals surface area contributed by atoms with Gasteiger partial charge in [-0.1, -0.05) is 58.9 Å². The molecule has 0 bridgehead atoms. The summed E-state index contributed by atoms with van der Waals surface area (Å²) in [6.07, 6.45) is 9.50. The van der Waals surface area contributed by atoms with Crippen molar-refractivity contribution in [1.29, 1.82) is 0 Å². The minimum atomic E-state index is -0.0114. The summed E-state index contributed by atoms with van der Waals surface area (Å²) in [4.78, 5) is 7.99. The van der Waals surface area contributed by atoms with Gasteiger partial charge in [0.25, 0.3) is 0 Å². The molecule has 3 rings (SSSR count). The molecular weight excluding hydrogens is 330 g/mol. The van der Waals surface area contributed by atoms with E-state index in [1.807, 2.05) is 47.6 Å². The highest BCUT2D eigenvalue weighted by molar-refractivity contribution is 5.55. The molecule has 3 nitrogen and oxygen atoms in total. The Morgan fingerprint density at radius 2 is 1.67 bits per heavy atom.